The van der Waals surface area contributed by atoms with Crippen LogP contribution in [0.25, 0.3) is 11.3 Å². The fourth-order valence-electron chi connectivity index (χ4n) is 2.29. The number of anilines is 1. The lowest BCUT2D eigenvalue weighted by molar-refractivity contribution is 0.410. The summed E-state index contributed by atoms with van der Waals surface area (Å²) in [5.74, 6) is 1.71. The highest BCUT2D eigenvalue weighted by atomic mass is 32.1. The second kappa shape index (κ2) is 7.15. The third-order valence-electron chi connectivity index (χ3n) is 3.49. The zero-order chi connectivity index (χ0) is 16.1. The summed E-state index contributed by atoms with van der Waals surface area (Å²) >= 11 is 1.59. The minimum absolute atomic E-state index is 0.676. The van der Waals surface area contributed by atoms with Crippen LogP contribution in [0.15, 0.2) is 53.9 Å². The van der Waals surface area contributed by atoms with Crippen molar-refractivity contribution in [2.24, 2.45) is 0 Å². The molecule has 1 N–H and O–H groups in total. The lowest BCUT2D eigenvalue weighted by atomic mass is 10.2. The number of nitrogens with zero attached hydrogens (tertiary/aromatic N) is 1. The molecule has 1 heterocycles. The van der Waals surface area contributed by atoms with Gasteiger partial charge in [-0.2, -0.15) is 0 Å². The highest BCUT2D eigenvalue weighted by Crippen LogP contribution is 2.28. The fraction of sp³-hybridized carbons (Fsp3) is 0.167. The van der Waals surface area contributed by atoms with E-state index in [0.717, 1.165) is 33.5 Å². The number of ether oxygens (including phenoxy) is 2. The van der Waals surface area contributed by atoms with Crippen LogP contribution in [0.4, 0.5) is 5.13 Å². The molecule has 0 bridgehead atoms. The average Bonchev–Trinajstić information content (AvgIpc) is 3.09. The number of hydrogen-bond acceptors (Lipinski definition) is 5. The molecule has 3 aromatic rings. The molecule has 4 nitrogen and oxygen atoms in total. The van der Waals surface area contributed by atoms with Crippen LogP contribution in [0.3, 0.4) is 0 Å². The minimum atomic E-state index is 0.676. The highest BCUT2D eigenvalue weighted by molar-refractivity contribution is 7.14. The summed E-state index contributed by atoms with van der Waals surface area (Å²) in [6, 6.07) is 15.9. The van der Waals surface area contributed by atoms with Crippen LogP contribution in [-0.4, -0.2) is 19.2 Å². The molecular formula is C18H18N2O2S. The van der Waals surface area contributed by atoms with Crippen LogP contribution in [0.1, 0.15) is 5.56 Å². The van der Waals surface area contributed by atoms with Gasteiger partial charge >= 0.3 is 0 Å². The maximum absolute atomic E-state index is 5.36. The summed E-state index contributed by atoms with van der Waals surface area (Å²) in [6.45, 7) is 0.676. The highest BCUT2D eigenvalue weighted by Gasteiger charge is 2.07. The van der Waals surface area contributed by atoms with Gasteiger partial charge in [0.2, 0.25) is 0 Å². The quantitative estimate of drug-likeness (QED) is 0.727. The van der Waals surface area contributed by atoms with Gasteiger partial charge in [0.15, 0.2) is 5.13 Å². The van der Waals surface area contributed by atoms with Crippen LogP contribution in [0.5, 0.6) is 11.5 Å². The van der Waals surface area contributed by atoms with E-state index in [0.29, 0.717) is 6.54 Å². The van der Waals surface area contributed by atoms with Gasteiger partial charge in [0, 0.05) is 23.1 Å². The number of thiazole rings is 1. The van der Waals surface area contributed by atoms with E-state index in [1.807, 2.05) is 53.9 Å². The third kappa shape index (κ3) is 3.63. The molecule has 23 heavy (non-hydrogen) atoms. The van der Waals surface area contributed by atoms with E-state index in [9.17, 15) is 0 Å². The van der Waals surface area contributed by atoms with Gasteiger partial charge in [-0.25, -0.2) is 4.98 Å². The van der Waals surface area contributed by atoms with E-state index in [4.69, 9.17) is 9.47 Å². The molecule has 5 heteroatoms. The van der Waals surface area contributed by atoms with Gasteiger partial charge in [-0.1, -0.05) is 30.3 Å². The Hall–Kier alpha value is -2.53. The van der Waals surface area contributed by atoms with Crippen LogP contribution in [0, 0.1) is 0 Å². The van der Waals surface area contributed by atoms with E-state index in [1.54, 1.807) is 25.6 Å². The molecule has 0 aliphatic heterocycles. The molecule has 0 radical (unpaired) electrons. The van der Waals surface area contributed by atoms with Crippen molar-refractivity contribution in [3.05, 3.63) is 59.5 Å². The molecular weight excluding hydrogens is 308 g/mol. The standard InChI is InChI=1S/C18H18N2O2S/c1-21-15-8-5-7-13(10-15)16-12-23-18(20-16)19-11-14-6-3-4-9-17(14)22-2/h3-10,12H,11H2,1-2H3,(H,19,20). The van der Waals surface area contributed by atoms with Gasteiger partial charge in [0.25, 0.3) is 0 Å². The number of hydrogen-bond donors (Lipinski definition) is 1. The molecule has 2 aromatic carbocycles. The zero-order valence-corrected chi connectivity index (χ0v) is 13.9. The average molecular weight is 326 g/mol. The van der Waals surface area contributed by atoms with Crippen molar-refractivity contribution < 1.29 is 9.47 Å². The maximum atomic E-state index is 5.36. The van der Waals surface area contributed by atoms with Crippen molar-refractivity contribution in [3.8, 4) is 22.8 Å². The second-order valence-electron chi connectivity index (χ2n) is 4.94. The number of nitrogens with one attached hydrogen (secondary N) is 1. The van der Waals surface area contributed by atoms with Crippen LogP contribution < -0.4 is 14.8 Å². The Bertz CT molecular complexity index is 786. The minimum Gasteiger partial charge on any atom is -0.497 e. The Morgan fingerprint density at radius 1 is 1.04 bits per heavy atom. The van der Waals surface area contributed by atoms with E-state index in [2.05, 4.69) is 10.3 Å². The number of aromatic nitrogens is 1. The lowest BCUT2D eigenvalue weighted by Gasteiger charge is -2.08. The van der Waals surface area contributed by atoms with Crippen LogP contribution >= 0.6 is 11.3 Å². The van der Waals surface area contributed by atoms with Gasteiger partial charge < -0.3 is 14.8 Å². The topological polar surface area (TPSA) is 43.4 Å². The Kier molecular flexibility index (Phi) is 4.78. The lowest BCUT2D eigenvalue weighted by Crippen LogP contribution is -2.01. The smallest absolute Gasteiger partial charge is 0.183 e. The molecule has 0 saturated carbocycles. The summed E-state index contributed by atoms with van der Waals surface area (Å²) in [4.78, 5) is 4.64. The van der Waals surface area contributed by atoms with E-state index in [-0.39, 0.29) is 0 Å². The first kappa shape index (κ1) is 15.4. The van der Waals surface area contributed by atoms with Crippen LogP contribution in [-0.2, 0) is 6.54 Å². The Balaban J connectivity index is 1.72. The largest absolute Gasteiger partial charge is 0.497 e. The molecule has 3 rings (SSSR count). The van der Waals surface area contributed by atoms with Gasteiger partial charge in [0.1, 0.15) is 11.5 Å². The summed E-state index contributed by atoms with van der Waals surface area (Å²) in [5.41, 5.74) is 3.09. The Labute approximate surface area is 139 Å². The van der Waals surface area contributed by atoms with Crippen molar-refractivity contribution in [2.45, 2.75) is 6.54 Å². The number of benzene rings is 2. The van der Waals surface area contributed by atoms with Crippen molar-refractivity contribution in [1.29, 1.82) is 0 Å². The van der Waals surface area contributed by atoms with Crippen molar-refractivity contribution in [3.63, 3.8) is 0 Å². The zero-order valence-electron chi connectivity index (χ0n) is 13.1. The molecule has 0 spiro atoms. The molecule has 118 valence electrons. The van der Waals surface area contributed by atoms with Gasteiger partial charge in [-0.15, -0.1) is 11.3 Å². The van der Waals surface area contributed by atoms with Gasteiger partial charge in [-0.3, -0.25) is 0 Å². The van der Waals surface area contributed by atoms with Gasteiger partial charge in [0.05, 0.1) is 19.9 Å². The number of methoxy groups -OCH3 is 2. The van der Waals surface area contributed by atoms with E-state index in [1.165, 1.54) is 0 Å². The molecule has 0 aliphatic rings. The number of para-hydroxylation sites is 1. The SMILES string of the molecule is COc1cccc(-c2csc(NCc3ccccc3OC)n2)c1. The van der Waals surface area contributed by atoms with Crippen molar-refractivity contribution in [2.75, 3.05) is 19.5 Å². The predicted octanol–water partition coefficient (Wildman–Crippen LogP) is 4.44. The second-order valence-corrected chi connectivity index (χ2v) is 5.79. The van der Waals surface area contributed by atoms with E-state index >= 15 is 0 Å². The predicted molar refractivity (Wildman–Crippen MR) is 94.4 cm³/mol. The molecule has 0 atom stereocenters. The van der Waals surface area contributed by atoms with Gasteiger partial charge in [-0.05, 0) is 18.2 Å². The Morgan fingerprint density at radius 2 is 1.91 bits per heavy atom. The summed E-state index contributed by atoms with van der Waals surface area (Å²) in [7, 11) is 3.35. The summed E-state index contributed by atoms with van der Waals surface area (Å²) < 4.78 is 10.6. The van der Waals surface area contributed by atoms with E-state index < -0.39 is 0 Å². The summed E-state index contributed by atoms with van der Waals surface area (Å²) in [6.07, 6.45) is 0. The molecule has 1 aromatic heterocycles. The first-order valence-corrected chi connectivity index (χ1v) is 8.14. The molecule has 0 fully saturated rings. The molecule has 0 unspecified atom stereocenters. The molecule has 0 aliphatic carbocycles. The molecule has 0 saturated heterocycles. The van der Waals surface area contributed by atoms with Crippen LogP contribution in [0.2, 0.25) is 0 Å². The summed E-state index contributed by atoms with van der Waals surface area (Å²) in [5, 5.41) is 6.27. The fourth-order valence-corrected chi connectivity index (χ4v) is 3.01. The molecule has 0 amide bonds. The monoisotopic (exact) mass is 326 g/mol. The normalized spacial score (nSPS) is 10.3. The first-order chi connectivity index (χ1) is 11.3. The first-order valence-electron chi connectivity index (χ1n) is 7.26. The number of rotatable bonds is 6. The van der Waals surface area contributed by atoms with Crippen molar-refractivity contribution in [1.82, 2.24) is 4.98 Å². The maximum Gasteiger partial charge on any atom is 0.183 e. The third-order valence-corrected chi connectivity index (χ3v) is 4.29. The Morgan fingerprint density at radius 3 is 2.74 bits per heavy atom. The van der Waals surface area contributed by atoms with Crippen molar-refractivity contribution >= 4 is 16.5 Å².